The van der Waals surface area contributed by atoms with Crippen LogP contribution in [0.1, 0.15) is 30.1 Å². The minimum atomic E-state index is -0.111. The van der Waals surface area contributed by atoms with E-state index in [1.165, 1.54) is 0 Å². The van der Waals surface area contributed by atoms with Crippen molar-refractivity contribution in [3.05, 3.63) is 54.2 Å². The van der Waals surface area contributed by atoms with Crippen LogP contribution in [-0.4, -0.2) is 40.2 Å². The lowest BCUT2D eigenvalue weighted by Gasteiger charge is -2.34. The molecule has 144 valence electrons. The molecule has 2 N–H and O–H groups in total. The van der Waals surface area contributed by atoms with E-state index in [-0.39, 0.29) is 18.6 Å². The zero-order valence-corrected chi connectivity index (χ0v) is 15.8. The van der Waals surface area contributed by atoms with Crippen molar-refractivity contribution in [2.45, 2.75) is 25.8 Å². The van der Waals surface area contributed by atoms with E-state index in [1.54, 1.807) is 12.3 Å². The zero-order chi connectivity index (χ0) is 19.5. The largest absolute Gasteiger partial charge is 0.478 e. The number of rotatable bonds is 6. The highest BCUT2D eigenvalue weighted by molar-refractivity contribution is 6.07. The SMILES string of the molecule is CCOc1ccc(-c2cc(C(=O)NC3CC(CO)C3)c3ccccc3n2)cn1. The van der Waals surface area contributed by atoms with Crippen molar-refractivity contribution < 1.29 is 14.6 Å². The third-order valence-electron chi connectivity index (χ3n) is 5.11. The third-order valence-corrected chi connectivity index (χ3v) is 5.11. The van der Waals surface area contributed by atoms with E-state index in [4.69, 9.17) is 9.72 Å². The number of aliphatic hydroxyl groups is 1. The Morgan fingerprint density at radius 3 is 2.79 bits per heavy atom. The molecule has 1 aliphatic carbocycles. The van der Waals surface area contributed by atoms with Gasteiger partial charge in [0.05, 0.1) is 23.4 Å². The van der Waals surface area contributed by atoms with Gasteiger partial charge in [0, 0.05) is 35.9 Å². The average molecular weight is 377 g/mol. The summed E-state index contributed by atoms with van der Waals surface area (Å²) in [7, 11) is 0. The molecule has 6 nitrogen and oxygen atoms in total. The van der Waals surface area contributed by atoms with E-state index in [9.17, 15) is 9.90 Å². The Morgan fingerprint density at radius 2 is 2.07 bits per heavy atom. The van der Waals surface area contributed by atoms with Crippen molar-refractivity contribution in [1.82, 2.24) is 15.3 Å². The predicted molar refractivity (Wildman–Crippen MR) is 107 cm³/mol. The van der Waals surface area contributed by atoms with E-state index >= 15 is 0 Å². The Bertz CT molecular complexity index is 982. The number of fused-ring (bicyclic) bond motifs is 1. The predicted octanol–water partition coefficient (Wildman–Crippen LogP) is 3.20. The minimum Gasteiger partial charge on any atom is -0.478 e. The smallest absolute Gasteiger partial charge is 0.252 e. The maximum Gasteiger partial charge on any atom is 0.252 e. The summed E-state index contributed by atoms with van der Waals surface area (Å²) in [4.78, 5) is 22.0. The van der Waals surface area contributed by atoms with Crippen LogP contribution in [0.4, 0.5) is 0 Å². The summed E-state index contributed by atoms with van der Waals surface area (Å²) in [5.41, 5.74) is 2.89. The zero-order valence-electron chi connectivity index (χ0n) is 15.8. The Hall–Kier alpha value is -2.99. The van der Waals surface area contributed by atoms with Crippen LogP contribution in [0.5, 0.6) is 5.88 Å². The van der Waals surface area contributed by atoms with Crippen molar-refractivity contribution in [3.8, 4) is 17.1 Å². The van der Waals surface area contributed by atoms with Crippen LogP contribution >= 0.6 is 0 Å². The van der Waals surface area contributed by atoms with Gasteiger partial charge in [-0.3, -0.25) is 4.79 Å². The monoisotopic (exact) mass is 377 g/mol. The highest BCUT2D eigenvalue weighted by Gasteiger charge is 2.30. The first-order chi connectivity index (χ1) is 13.7. The number of hydrogen-bond acceptors (Lipinski definition) is 5. The van der Waals surface area contributed by atoms with Gasteiger partial charge in [-0.05, 0) is 43.9 Å². The first-order valence-corrected chi connectivity index (χ1v) is 9.58. The van der Waals surface area contributed by atoms with Crippen LogP contribution in [0.2, 0.25) is 0 Å². The quantitative estimate of drug-likeness (QED) is 0.689. The third kappa shape index (κ3) is 3.68. The summed E-state index contributed by atoms with van der Waals surface area (Å²) in [5, 5.41) is 13.1. The van der Waals surface area contributed by atoms with Crippen LogP contribution in [0.15, 0.2) is 48.7 Å². The van der Waals surface area contributed by atoms with Gasteiger partial charge in [-0.1, -0.05) is 18.2 Å². The summed E-state index contributed by atoms with van der Waals surface area (Å²) >= 11 is 0. The van der Waals surface area contributed by atoms with E-state index in [1.807, 2.05) is 43.3 Å². The van der Waals surface area contributed by atoms with Gasteiger partial charge in [0.15, 0.2) is 0 Å². The Morgan fingerprint density at radius 1 is 1.25 bits per heavy atom. The number of ether oxygens (including phenoxy) is 1. The Labute approximate surface area is 163 Å². The normalized spacial score (nSPS) is 18.5. The fourth-order valence-electron chi connectivity index (χ4n) is 3.54. The van der Waals surface area contributed by atoms with E-state index in [0.717, 1.165) is 29.3 Å². The molecule has 0 atom stereocenters. The summed E-state index contributed by atoms with van der Waals surface area (Å²) in [6.45, 7) is 2.65. The number of nitrogens with one attached hydrogen (secondary N) is 1. The minimum absolute atomic E-state index is 0.111. The van der Waals surface area contributed by atoms with Crippen LogP contribution < -0.4 is 10.1 Å². The standard InChI is InChI=1S/C22H23N3O3/c1-2-28-21-8-7-15(12-23-21)20-11-18(17-5-3-4-6-19(17)25-20)22(27)24-16-9-14(10-16)13-26/h3-8,11-12,14,16,26H,2,9-10,13H2,1H3,(H,24,27). The molecule has 2 heterocycles. The number of benzene rings is 1. The molecule has 1 fully saturated rings. The van der Waals surface area contributed by atoms with Gasteiger partial charge in [0.1, 0.15) is 0 Å². The molecule has 0 saturated heterocycles. The second-order valence-electron chi connectivity index (χ2n) is 7.08. The number of pyridine rings is 2. The molecule has 0 radical (unpaired) electrons. The molecule has 28 heavy (non-hydrogen) atoms. The van der Waals surface area contributed by atoms with Gasteiger partial charge >= 0.3 is 0 Å². The molecule has 0 aliphatic heterocycles. The number of aliphatic hydroxyl groups excluding tert-OH is 1. The van der Waals surface area contributed by atoms with Gasteiger partial charge in [-0.2, -0.15) is 0 Å². The summed E-state index contributed by atoms with van der Waals surface area (Å²) in [5.74, 6) is 0.749. The molecule has 4 rings (SSSR count). The molecule has 0 unspecified atom stereocenters. The van der Waals surface area contributed by atoms with E-state index in [0.29, 0.717) is 29.7 Å². The summed E-state index contributed by atoms with van der Waals surface area (Å²) in [6, 6.07) is 13.3. The van der Waals surface area contributed by atoms with E-state index < -0.39 is 0 Å². The summed E-state index contributed by atoms with van der Waals surface area (Å²) in [6.07, 6.45) is 3.35. The van der Waals surface area contributed by atoms with Gasteiger partial charge < -0.3 is 15.2 Å². The molecule has 1 saturated carbocycles. The second kappa shape index (κ2) is 7.94. The average Bonchev–Trinajstić information content (AvgIpc) is 2.70. The lowest BCUT2D eigenvalue weighted by Crippen LogP contribution is -2.45. The Kier molecular flexibility index (Phi) is 5.21. The molecule has 0 bridgehead atoms. The first-order valence-electron chi connectivity index (χ1n) is 9.58. The van der Waals surface area contributed by atoms with Gasteiger partial charge in [0.25, 0.3) is 5.91 Å². The fraction of sp³-hybridized carbons (Fsp3) is 0.318. The number of carbonyl (C=O) groups is 1. The molecule has 6 heteroatoms. The summed E-state index contributed by atoms with van der Waals surface area (Å²) < 4.78 is 5.40. The van der Waals surface area contributed by atoms with Crippen molar-refractivity contribution in [3.63, 3.8) is 0 Å². The van der Waals surface area contributed by atoms with Crippen LogP contribution in [0.25, 0.3) is 22.2 Å². The van der Waals surface area contributed by atoms with Crippen molar-refractivity contribution in [2.75, 3.05) is 13.2 Å². The maximum absolute atomic E-state index is 12.9. The number of para-hydroxylation sites is 1. The first kappa shape index (κ1) is 18.4. The van der Waals surface area contributed by atoms with Gasteiger partial charge in [-0.15, -0.1) is 0 Å². The number of amides is 1. The molecule has 1 amide bonds. The topological polar surface area (TPSA) is 84.3 Å². The van der Waals surface area contributed by atoms with Gasteiger partial charge in [-0.25, -0.2) is 9.97 Å². The second-order valence-corrected chi connectivity index (χ2v) is 7.08. The number of hydrogen-bond donors (Lipinski definition) is 2. The Balaban J connectivity index is 1.66. The molecular formula is C22H23N3O3. The fourth-order valence-corrected chi connectivity index (χ4v) is 3.54. The number of aromatic nitrogens is 2. The molecule has 1 aromatic carbocycles. The number of carbonyl (C=O) groups excluding carboxylic acids is 1. The highest BCUT2D eigenvalue weighted by Crippen LogP contribution is 2.29. The van der Waals surface area contributed by atoms with Crippen molar-refractivity contribution >= 4 is 16.8 Å². The number of nitrogens with zero attached hydrogens (tertiary/aromatic N) is 2. The van der Waals surface area contributed by atoms with Crippen LogP contribution in [0.3, 0.4) is 0 Å². The lowest BCUT2D eigenvalue weighted by atomic mass is 9.81. The van der Waals surface area contributed by atoms with Crippen molar-refractivity contribution in [2.24, 2.45) is 5.92 Å². The molecule has 3 aromatic rings. The van der Waals surface area contributed by atoms with Crippen LogP contribution in [0, 0.1) is 5.92 Å². The maximum atomic E-state index is 12.9. The van der Waals surface area contributed by atoms with E-state index in [2.05, 4.69) is 10.3 Å². The molecule has 0 spiro atoms. The van der Waals surface area contributed by atoms with Gasteiger partial charge in [0.2, 0.25) is 5.88 Å². The molecule has 1 aliphatic rings. The molecule has 2 aromatic heterocycles. The molecular weight excluding hydrogens is 354 g/mol. The van der Waals surface area contributed by atoms with Crippen molar-refractivity contribution in [1.29, 1.82) is 0 Å². The lowest BCUT2D eigenvalue weighted by molar-refractivity contribution is 0.0834. The van der Waals surface area contributed by atoms with Crippen LogP contribution in [-0.2, 0) is 0 Å². The highest BCUT2D eigenvalue weighted by atomic mass is 16.5.